The molecule has 0 amide bonds. The summed E-state index contributed by atoms with van der Waals surface area (Å²) >= 11 is 5.35. The Morgan fingerprint density at radius 2 is 1.86 bits per heavy atom. The Hall–Kier alpha value is -1.10. The molecule has 0 aromatic carbocycles. The number of unbranched alkanes of at least 4 members (excludes halogenated alkanes) is 2. The minimum atomic E-state index is -5.70. The molecule has 2 rings (SSSR count). The highest BCUT2D eigenvalue weighted by Crippen LogP contribution is 2.66. The number of rotatable bonds is 14. The summed E-state index contributed by atoms with van der Waals surface area (Å²) in [7, 11) is -16.6. The molecule has 17 nitrogen and oxygen atoms in total. The molecule has 1 saturated heterocycles. The van der Waals surface area contributed by atoms with Gasteiger partial charge in [0.05, 0.1) is 17.6 Å². The van der Waals surface area contributed by atoms with Gasteiger partial charge in [-0.2, -0.15) is 8.62 Å². The van der Waals surface area contributed by atoms with Gasteiger partial charge < -0.3 is 35.4 Å². The standard InChI is InChI=1S/C16H29N4O13P3S/c1-10-8-20(16(22)19-15(10)21)14-7-11(18-13(37)5-3-2-4-6-17)12(31-14)9-30-35(26,27)33-36(28,29)32-34(23,24)25/h8,11-12,14H,2-7,9,17H2,1H3,(H,18,37)(H,26,27)(H,28,29)(H,19,21,22)(H2,23,24,25)/t11-,12+,14+/m0/s1. The zero-order valence-electron chi connectivity index (χ0n) is 19.5. The average molecular weight is 610 g/mol. The van der Waals surface area contributed by atoms with Gasteiger partial charge in [-0.25, -0.2) is 18.5 Å². The zero-order valence-corrected chi connectivity index (χ0v) is 23.0. The van der Waals surface area contributed by atoms with Gasteiger partial charge in [0, 0.05) is 18.2 Å². The molecule has 1 aromatic rings. The second-order valence-corrected chi connectivity index (χ2v) is 12.9. The third-order valence-corrected chi connectivity index (χ3v) is 9.09. The van der Waals surface area contributed by atoms with Crippen LogP contribution in [0, 0.1) is 6.92 Å². The first-order valence-electron chi connectivity index (χ1n) is 10.8. The van der Waals surface area contributed by atoms with Crippen molar-refractivity contribution >= 4 is 40.7 Å². The van der Waals surface area contributed by atoms with E-state index in [9.17, 15) is 33.1 Å². The molecule has 0 saturated carbocycles. The van der Waals surface area contributed by atoms with Crippen molar-refractivity contribution < 1.29 is 51.2 Å². The molecular formula is C16H29N4O13P3S. The van der Waals surface area contributed by atoms with Gasteiger partial charge in [0.15, 0.2) is 0 Å². The van der Waals surface area contributed by atoms with E-state index in [1.165, 1.54) is 13.1 Å². The summed E-state index contributed by atoms with van der Waals surface area (Å²) in [6, 6.07) is -0.682. The number of H-pyrrole nitrogens is 1. The molecule has 0 bridgehead atoms. The van der Waals surface area contributed by atoms with Gasteiger partial charge in [-0.1, -0.05) is 18.6 Å². The summed E-state index contributed by atoms with van der Waals surface area (Å²) in [5.41, 5.74) is 4.34. The number of aromatic amines is 1. The number of nitrogens with zero attached hydrogens (tertiary/aromatic N) is 1. The van der Waals surface area contributed by atoms with E-state index in [0.717, 1.165) is 23.8 Å². The highest BCUT2D eigenvalue weighted by Gasteiger charge is 2.43. The highest BCUT2D eigenvalue weighted by molar-refractivity contribution is 7.80. The van der Waals surface area contributed by atoms with Crippen molar-refractivity contribution in [3.05, 3.63) is 32.6 Å². The minimum Gasteiger partial charge on any atom is -0.374 e. The lowest BCUT2D eigenvalue weighted by Gasteiger charge is -2.22. The third-order valence-electron chi connectivity index (χ3n) is 4.96. The van der Waals surface area contributed by atoms with Crippen LogP contribution in [0.15, 0.2) is 15.8 Å². The highest BCUT2D eigenvalue weighted by atomic mass is 32.1. The van der Waals surface area contributed by atoms with Crippen molar-refractivity contribution in [2.24, 2.45) is 5.73 Å². The zero-order chi connectivity index (χ0) is 28.0. The van der Waals surface area contributed by atoms with Crippen molar-refractivity contribution in [1.29, 1.82) is 0 Å². The van der Waals surface area contributed by atoms with Crippen LogP contribution in [0.4, 0.5) is 0 Å². The maximum atomic E-state index is 12.3. The van der Waals surface area contributed by atoms with E-state index in [0.29, 0.717) is 18.0 Å². The predicted octanol–water partition coefficient (Wildman–Crippen LogP) is 0.281. The number of aromatic nitrogens is 2. The monoisotopic (exact) mass is 610 g/mol. The van der Waals surface area contributed by atoms with Gasteiger partial charge in [-0.3, -0.25) is 18.9 Å². The minimum absolute atomic E-state index is 0.0960. The molecule has 21 heteroatoms. The average Bonchev–Trinajstić information content (AvgIpc) is 3.12. The largest absolute Gasteiger partial charge is 0.490 e. The van der Waals surface area contributed by atoms with Gasteiger partial charge >= 0.3 is 29.2 Å². The lowest BCUT2D eigenvalue weighted by molar-refractivity contribution is -0.0277. The lowest BCUT2D eigenvalue weighted by Crippen LogP contribution is -2.41. The lowest BCUT2D eigenvalue weighted by atomic mass is 10.1. The molecule has 2 unspecified atom stereocenters. The number of hydrogen-bond donors (Lipinski definition) is 7. The molecule has 37 heavy (non-hydrogen) atoms. The van der Waals surface area contributed by atoms with Crippen LogP contribution in [-0.2, 0) is 31.6 Å². The van der Waals surface area contributed by atoms with E-state index in [1.54, 1.807) is 0 Å². The quantitative estimate of drug-likeness (QED) is 0.0847. The number of phosphoric ester groups is 1. The summed E-state index contributed by atoms with van der Waals surface area (Å²) in [5.74, 6) is 0. The Bertz CT molecular complexity index is 1220. The topological polar surface area (TPSA) is 262 Å². The Kier molecular flexibility index (Phi) is 11.5. The van der Waals surface area contributed by atoms with E-state index in [2.05, 4.69) is 18.9 Å². The Balaban J connectivity index is 2.16. The predicted molar refractivity (Wildman–Crippen MR) is 131 cm³/mol. The normalized spacial score (nSPS) is 23.4. The van der Waals surface area contributed by atoms with Gasteiger partial charge in [0.1, 0.15) is 12.3 Å². The number of ether oxygens (including phenoxy) is 1. The molecule has 0 spiro atoms. The molecule has 2 heterocycles. The first-order chi connectivity index (χ1) is 17.0. The van der Waals surface area contributed by atoms with E-state index < -0.39 is 59.7 Å². The summed E-state index contributed by atoms with van der Waals surface area (Å²) in [6.07, 6.45) is 2.23. The molecule has 1 fully saturated rings. The van der Waals surface area contributed by atoms with Crippen LogP contribution < -0.4 is 22.3 Å². The molecule has 5 atom stereocenters. The molecule has 212 valence electrons. The third kappa shape index (κ3) is 10.9. The fraction of sp³-hybridized carbons (Fsp3) is 0.688. The molecule has 0 aliphatic carbocycles. The smallest absolute Gasteiger partial charge is 0.374 e. The maximum Gasteiger partial charge on any atom is 0.490 e. The molecule has 1 aliphatic rings. The number of aryl methyl sites for hydroxylation is 1. The fourth-order valence-corrected chi connectivity index (χ4v) is 6.69. The van der Waals surface area contributed by atoms with Crippen molar-refractivity contribution in [3.63, 3.8) is 0 Å². The SMILES string of the molecule is Cc1cn([C@H]2C[C@H](NC(=S)CCCCCN)[C@@H](COP(=O)(O)OP(=O)(O)OP(=O)(O)O)O2)c(=O)[nH]c1=O. The molecule has 1 aromatic heterocycles. The Morgan fingerprint density at radius 1 is 1.19 bits per heavy atom. The van der Waals surface area contributed by atoms with Gasteiger partial charge in [-0.15, -0.1) is 0 Å². The first kappa shape index (κ1) is 32.1. The molecular weight excluding hydrogens is 581 g/mol. The van der Waals surface area contributed by atoms with Crippen molar-refractivity contribution in [2.45, 2.75) is 57.4 Å². The van der Waals surface area contributed by atoms with Crippen LogP contribution in [0.5, 0.6) is 0 Å². The summed E-state index contributed by atoms with van der Waals surface area (Å²) in [5, 5.41) is 3.03. The first-order valence-corrected chi connectivity index (χ1v) is 15.7. The Labute approximate surface area is 215 Å². The van der Waals surface area contributed by atoms with Gasteiger partial charge in [0.2, 0.25) is 0 Å². The van der Waals surface area contributed by atoms with Crippen LogP contribution in [0.1, 0.15) is 43.9 Å². The number of hydrogen-bond acceptors (Lipinski definition) is 11. The number of thiocarbonyl (C=S) groups is 1. The summed E-state index contributed by atoms with van der Waals surface area (Å²) < 4.78 is 53.5. The molecule has 8 N–H and O–H groups in total. The van der Waals surface area contributed by atoms with Gasteiger partial charge in [-0.05, 0) is 32.7 Å². The summed E-state index contributed by atoms with van der Waals surface area (Å²) in [4.78, 5) is 62.9. The van der Waals surface area contributed by atoms with E-state index in [-0.39, 0.29) is 12.0 Å². The number of phosphoric acid groups is 3. The van der Waals surface area contributed by atoms with Crippen molar-refractivity contribution in [2.75, 3.05) is 13.2 Å². The second kappa shape index (κ2) is 13.3. The van der Waals surface area contributed by atoms with E-state index in [4.69, 9.17) is 37.0 Å². The van der Waals surface area contributed by atoms with Crippen LogP contribution in [0.25, 0.3) is 0 Å². The van der Waals surface area contributed by atoms with Crippen LogP contribution in [0.3, 0.4) is 0 Å². The van der Waals surface area contributed by atoms with Crippen LogP contribution in [-0.4, -0.2) is 59.4 Å². The second-order valence-electron chi connectivity index (χ2n) is 8.00. The number of nitrogens with one attached hydrogen (secondary N) is 2. The van der Waals surface area contributed by atoms with Crippen LogP contribution in [0.2, 0.25) is 0 Å². The maximum absolute atomic E-state index is 12.3. The Morgan fingerprint density at radius 3 is 2.49 bits per heavy atom. The van der Waals surface area contributed by atoms with E-state index >= 15 is 0 Å². The number of nitrogens with two attached hydrogens (primary N) is 1. The van der Waals surface area contributed by atoms with E-state index in [1.807, 2.05) is 0 Å². The van der Waals surface area contributed by atoms with Crippen molar-refractivity contribution in [3.8, 4) is 0 Å². The summed E-state index contributed by atoms with van der Waals surface area (Å²) in [6.45, 7) is 1.27. The molecule has 0 radical (unpaired) electrons. The molecule has 1 aliphatic heterocycles. The fourth-order valence-electron chi connectivity index (χ4n) is 3.36. The van der Waals surface area contributed by atoms with Crippen LogP contribution >= 0.6 is 35.7 Å². The van der Waals surface area contributed by atoms with Crippen molar-refractivity contribution in [1.82, 2.24) is 14.9 Å². The van der Waals surface area contributed by atoms with Gasteiger partial charge in [0.25, 0.3) is 5.56 Å².